The van der Waals surface area contributed by atoms with E-state index in [1.807, 2.05) is 24.3 Å². The van der Waals surface area contributed by atoms with Crippen molar-refractivity contribution in [1.29, 1.82) is 0 Å². The van der Waals surface area contributed by atoms with Crippen LogP contribution >= 0.6 is 0 Å². The van der Waals surface area contributed by atoms with E-state index in [2.05, 4.69) is 25.8 Å². The highest BCUT2D eigenvalue weighted by Gasteiger charge is 2.20. The Morgan fingerprint density at radius 1 is 1.14 bits per heavy atom. The van der Waals surface area contributed by atoms with E-state index in [0.717, 1.165) is 15.9 Å². The number of benzene rings is 1. The molecule has 8 heteroatoms. The van der Waals surface area contributed by atoms with Crippen LogP contribution in [0.1, 0.15) is 26.3 Å². The van der Waals surface area contributed by atoms with Crippen LogP contribution in [0.2, 0.25) is 0 Å². The van der Waals surface area contributed by atoms with E-state index in [1.54, 1.807) is 11.6 Å². The standard InChI is InChI=1S/C20H26N4O4/c1-20(2,3)14-8-6-7-9-15(14)28-11-13(25)10-24-12-21-17-16(24)18(26)23(5)19(27)22(17)4/h6-9,12-13,25H,10-11H2,1-5H3/t13-/m0/s1. The number of hydrogen-bond acceptors (Lipinski definition) is 5. The van der Waals surface area contributed by atoms with Crippen LogP contribution in [0.5, 0.6) is 5.75 Å². The summed E-state index contributed by atoms with van der Waals surface area (Å²) >= 11 is 0. The fourth-order valence-electron chi connectivity index (χ4n) is 3.21. The lowest BCUT2D eigenvalue weighted by Gasteiger charge is -2.23. The van der Waals surface area contributed by atoms with Crippen LogP contribution in [0.3, 0.4) is 0 Å². The summed E-state index contributed by atoms with van der Waals surface area (Å²) in [5, 5.41) is 10.5. The predicted octanol–water partition coefficient (Wildman–Crippen LogP) is 1.17. The van der Waals surface area contributed by atoms with Crippen molar-refractivity contribution in [1.82, 2.24) is 18.7 Å². The Bertz CT molecular complexity index is 1120. The zero-order valence-corrected chi connectivity index (χ0v) is 16.8. The lowest BCUT2D eigenvalue weighted by molar-refractivity contribution is 0.0924. The summed E-state index contributed by atoms with van der Waals surface area (Å²) in [6, 6.07) is 7.74. The molecule has 1 atom stereocenters. The number of para-hydroxylation sites is 1. The molecule has 3 rings (SSSR count). The smallest absolute Gasteiger partial charge is 0.332 e. The molecule has 0 fully saturated rings. The Morgan fingerprint density at radius 2 is 1.82 bits per heavy atom. The third-order valence-corrected chi connectivity index (χ3v) is 4.75. The zero-order valence-electron chi connectivity index (χ0n) is 16.8. The summed E-state index contributed by atoms with van der Waals surface area (Å²) in [5.41, 5.74) is 0.656. The first kappa shape index (κ1) is 19.9. The SMILES string of the molecule is Cn1c(=O)c2c(ncn2C[C@H](O)COc2ccccc2C(C)(C)C)n(C)c1=O. The van der Waals surface area contributed by atoms with E-state index in [-0.39, 0.29) is 24.1 Å². The molecule has 150 valence electrons. The van der Waals surface area contributed by atoms with Gasteiger partial charge in [-0.25, -0.2) is 9.78 Å². The number of fused-ring (bicyclic) bond motifs is 1. The molecule has 0 aliphatic carbocycles. The average Bonchev–Trinajstić information content (AvgIpc) is 3.06. The normalized spacial score (nSPS) is 13.1. The maximum absolute atomic E-state index is 12.5. The minimum Gasteiger partial charge on any atom is -0.491 e. The molecule has 0 saturated carbocycles. The number of aliphatic hydroxyl groups is 1. The number of nitrogens with zero attached hydrogens (tertiary/aromatic N) is 4. The van der Waals surface area contributed by atoms with Gasteiger partial charge in [-0.15, -0.1) is 0 Å². The molecule has 1 N–H and O–H groups in total. The van der Waals surface area contributed by atoms with Gasteiger partial charge in [-0.05, 0) is 17.0 Å². The Hall–Kier alpha value is -2.87. The highest BCUT2D eigenvalue weighted by Crippen LogP contribution is 2.31. The third-order valence-electron chi connectivity index (χ3n) is 4.75. The van der Waals surface area contributed by atoms with Crippen LogP contribution < -0.4 is 16.0 Å². The van der Waals surface area contributed by atoms with E-state index >= 15 is 0 Å². The van der Waals surface area contributed by atoms with Crippen LogP contribution in [-0.2, 0) is 26.1 Å². The maximum atomic E-state index is 12.5. The number of imidazole rings is 1. The minimum absolute atomic E-state index is 0.0683. The Labute approximate surface area is 162 Å². The first-order valence-electron chi connectivity index (χ1n) is 9.12. The fraction of sp³-hybridized carbons (Fsp3) is 0.450. The van der Waals surface area contributed by atoms with Crippen LogP contribution in [0, 0.1) is 0 Å². The van der Waals surface area contributed by atoms with Gasteiger partial charge in [-0.1, -0.05) is 39.0 Å². The summed E-state index contributed by atoms with van der Waals surface area (Å²) in [6.07, 6.45) is 0.602. The molecular formula is C20H26N4O4. The van der Waals surface area contributed by atoms with Crippen molar-refractivity contribution in [3.8, 4) is 5.75 Å². The van der Waals surface area contributed by atoms with Crippen molar-refractivity contribution in [3.63, 3.8) is 0 Å². The van der Waals surface area contributed by atoms with E-state index < -0.39 is 17.4 Å². The second-order valence-electron chi connectivity index (χ2n) is 7.99. The molecule has 0 aliphatic heterocycles. The quantitative estimate of drug-likeness (QED) is 0.711. The van der Waals surface area contributed by atoms with E-state index in [0.29, 0.717) is 5.65 Å². The molecule has 2 heterocycles. The van der Waals surface area contributed by atoms with Gasteiger partial charge < -0.3 is 14.4 Å². The highest BCUT2D eigenvalue weighted by atomic mass is 16.5. The largest absolute Gasteiger partial charge is 0.491 e. The van der Waals surface area contributed by atoms with Gasteiger partial charge in [0.05, 0.1) is 12.9 Å². The van der Waals surface area contributed by atoms with Gasteiger partial charge in [0, 0.05) is 14.1 Å². The predicted molar refractivity (Wildman–Crippen MR) is 107 cm³/mol. The Balaban J connectivity index is 1.81. The second-order valence-corrected chi connectivity index (χ2v) is 7.99. The van der Waals surface area contributed by atoms with Crippen LogP contribution in [0.15, 0.2) is 40.2 Å². The molecule has 28 heavy (non-hydrogen) atoms. The number of aromatic nitrogens is 4. The molecule has 2 aromatic heterocycles. The summed E-state index contributed by atoms with van der Waals surface area (Å²) in [6.45, 7) is 6.50. The van der Waals surface area contributed by atoms with Crippen LogP contribution in [-0.4, -0.2) is 36.5 Å². The number of rotatable bonds is 5. The number of aryl methyl sites for hydroxylation is 1. The van der Waals surface area contributed by atoms with Crippen molar-refractivity contribution < 1.29 is 9.84 Å². The Morgan fingerprint density at radius 3 is 2.50 bits per heavy atom. The molecule has 8 nitrogen and oxygen atoms in total. The van der Waals surface area contributed by atoms with Crippen molar-refractivity contribution in [2.75, 3.05) is 6.61 Å². The van der Waals surface area contributed by atoms with Gasteiger partial charge in [-0.3, -0.25) is 13.9 Å². The summed E-state index contributed by atoms with van der Waals surface area (Å²) < 4.78 is 9.76. The molecule has 0 bridgehead atoms. The summed E-state index contributed by atoms with van der Waals surface area (Å²) in [4.78, 5) is 28.6. The van der Waals surface area contributed by atoms with E-state index in [9.17, 15) is 14.7 Å². The van der Waals surface area contributed by atoms with Gasteiger partial charge in [0.15, 0.2) is 11.2 Å². The molecule has 1 aromatic carbocycles. The van der Waals surface area contributed by atoms with Gasteiger partial charge >= 0.3 is 5.69 Å². The number of ether oxygens (including phenoxy) is 1. The lowest BCUT2D eigenvalue weighted by Crippen LogP contribution is -2.38. The third kappa shape index (κ3) is 3.60. The summed E-state index contributed by atoms with van der Waals surface area (Å²) in [5.74, 6) is 0.725. The number of hydrogen-bond donors (Lipinski definition) is 1. The fourth-order valence-corrected chi connectivity index (χ4v) is 3.21. The van der Waals surface area contributed by atoms with E-state index in [1.165, 1.54) is 17.9 Å². The van der Waals surface area contributed by atoms with Crippen molar-refractivity contribution in [3.05, 3.63) is 57.0 Å². The van der Waals surface area contributed by atoms with Gasteiger partial charge in [-0.2, -0.15) is 0 Å². The summed E-state index contributed by atoms with van der Waals surface area (Å²) in [7, 11) is 2.98. The molecule has 0 amide bonds. The van der Waals surface area contributed by atoms with Crippen LogP contribution in [0.4, 0.5) is 0 Å². The Kier molecular flexibility index (Phi) is 5.16. The van der Waals surface area contributed by atoms with Gasteiger partial charge in [0.25, 0.3) is 5.56 Å². The topological polar surface area (TPSA) is 91.3 Å². The molecular weight excluding hydrogens is 360 g/mol. The molecule has 0 radical (unpaired) electrons. The van der Waals surface area contributed by atoms with Crippen molar-refractivity contribution >= 4 is 11.2 Å². The molecule has 3 aromatic rings. The monoisotopic (exact) mass is 386 g/mol. The van der Waals surface area contributed by atoms with Gasteiger partial charge in [0.1, 0.15) is 18.5 Å². The van der Waals surface area contributed by atoms with Crippen molar-refractivity contribution in [2.45, 2.75) is 38.8 Å². The van der Waals surface area contributed by atoms with E-state index in [4.69, 9.17) is 4.74 Å². The molecule has 0 unspecified atom stereocenters. The minimum atomic E-state index is -0.854. The van der Waals surface area contributed by atoms with Crippen LogP contribution in [0.25, 0.3) is 11.2 Å². The molecule has 0 aliphatic rings. The van der Waals surface area contributed by atoms with Gasteiger partial charge in [0.2, 0.25) is 0 Å². The molecule has 0 spiro atoms. The molecule has 0 saturated heterocycles. The first-order chi connectivity index (χ1) is 13.1. The lowest BCUT2D eigenvalue weighted by atomic mass is 9.86. The highest BCUT2D eigenvalue weighted by molar-refractivity contribution is 5.69. The zero-order chi connectivity index (χ0) is 20.6. The van der Waals surface area contributed by atoms with Crippen molar-refractivity contribution in [2.24, 2.45) is 14.1 Å². The maximum Gasteiger partial charge on any atom is 0.332 e. The average molecular weight is 386 g/mol. The first-order valence-corrected chi connectivity index (χ1v) is 9.12. The number of aliphatic hydroxyl groups excluding tert-OH is 1. The second kappa shape index (κ2) is 7.27.